The van der Waals surface area contributed by atoms with Gasteiger partial charge in [-0.05, 0) is 25.5 Å². The summed E-state index contributed by atoms with van der Waals surface area (Å²) in [4.78, 5) is 22.8. The highest BCUT2D eigenvalue weighted by Crippen LogP contribution is 2.24. The lowest BCUT2D eigenvalue weighted by molar-refractivity contribution is -0.141. The molecule has 0 heterocycles. The first-order chi connectivity index (χ1) is 8.93. The number of anilines is 1. The summed E-state index contributed by atoms with van der Waals surface area (Å²) in [6, 6.07) is 4.62. The summed E-state index contributed by atoms with van der Waals surface area (Å²) in [7, 11) is 1.31. The second kappa shape index (κ2) is 6.99. The Labute approximate surface area is 117 Å². The fraction of sp³-hybridized carbons (Fsp3) is 0.385. The van der Waals surface area contributed by atoms with Crippen LogP contribution in [0.2, 0.25) is 5.02 Å². The van der Waals surface area contributed by atoms with E-state index in [0.717, 1.165) is 5.56 Å². The molecular weight excluding hydrogens is 268 g/mol. The minimum Gasteiger partial charge on any atom is -0.469 e. The van der Waals surface area contributed by atoms with Gasteiger partial charge < -0.3 is 15.4 Å². The average Bonchev–Trinajstić information content (AvgIpc) is 2.34. The zero-order chi connectivity index (χ0) is 14.4. The number of hydrogen-bond donors (Lipinski definition) is 2. The Morgan fingerprint density at radius 2 is 2.11 bits per heavy atom. The zero-order valence-corrected chi connectivity index (χ0v) is 11.9. The van der Waals surface area contributed by atoms with Crippen LogP contribution < -0.4 is 10.6 Å². The summed E-state index contributed by atoms with van der Waals surface area (Å²) in [5, 5.41) is 5.77. The number of ether oxygens (including phenoxy) is 1. The van der Waals surface area contributed by atoms with E-state index >= 15 is 0 Å². The number of amides is 2. The molecule has 6 heteroatoms. The fourth-order valence-electron chi connectivity index (χ4n) is 1.51. The SMILES string of the molecule is COC(=O)C[C@H](C)NC(=O)Nc1cccc(C)c1Cl. The van der Waals surface area contributed by atoms with Crippen LogP contribution in [0.15, 0.2) is 18.2 Å². The van der Waals surface area contributed by atoms with E-state index in [1.54, 1.807) is 19.1 Å². The Balaban J connectivity index is 2.56. The van der Waals surface area contributed by atoms with Crippen molar-refractivity contribution in [1.29, 1.82) is 0 Å². The van der Waals surface area contributed by atoms with E-state index < -0.39 is 6.03 Å². The van der Waals surface area contributed by atoms with Crippen LogP contribution in [0.4, 0.5) is 10.5 Å². The third-order valence-corrected chi connectivity index (χ3v) is 3.02. The van der Waals surface area contributed by atoms with Crippen LogP contribution in [0.3, 0.4) is 0 Å². The van der Waals surface area contributed by atoms with E-state index in [2.05, 4.69) is 15.4 Å². The van der Waals surface area contributed by atoms with Gasteiger partial charge in [0.15, 0.2) is 0 Å². The predicted molar refractivity (Wildman–Crippen MR) is 74.4 cm³/mol. The largest absolute Gasteiger partial charge is 0.469 e. The van der Waals surface area contributed by atoms with Crippen molar-refractivity contribution in [3.8, 4) is 0 Å². The van der Waals surface area contributed by atoms with Gasteiger partial charge in [-0.25, -0.2) is 4.79 Å². The third kappa shape index (κ3) is 4.79. The molecule has 2 amide bonds. The quantitative estimate of drug-likeness (QED) is 0.836. The van der Waals surface area contributed by atoms with E-state index in [0.29, 0.717) is 10.7 Å². The molecule has 0 bridgehead atoms. The first kappa shape index (κ1) is 15.3. The Morgan fingerprint density at radius 3 is 2.74 bits per heavy atom. The molecule has 0 fully saturated rings. The lowest BCUT2D eigenvalue weighted by Crippen LogP contribution is -2.37. The molecule has 2 N–H and O–H groups in total. The van der Waals surface area contributed by atoms with Crippen molar-refractivity contribution in [2.45, 2.75) is 26.3 Å². The van der Waals surface area contributed by atoms with Crippen LogP contribution in [0.25, 0.3) is 0 Å². The summed E-state index contributed by atoms with van der Waals surface area (Å²) in [6.07, 6.45) is 0.117. The maximum Gasteiger partial charge on any atom is 0.319 e. The zero-order valence-electron chi connectivity index (χ0n) is 11.1. The number of benzene rings is 1. The Bertz CT molecular complexity index is 477. The molecule has 0 radical (unpaired) electrons. The normalized spacial score (nSPS) is 11.6. The molecule has 19 heavy (non-hydrogen) atoms. The van der Waals surface area contributed by atoms with Gasteiger partial charge in [0.05, 0.1) is 24.2 Å². The van der Waals surface area contributed by atoms with Crippen LogP contribution in [0, 0.1) is 6.92 Å². The van der Waals surface area contributed by atoms with Gasteiger partial charge in [0, 0.05) is 6.04 Å². The number of nitrogens with one attached hydrogen (secondary N) is 2. The summed E-state index contributed by atoms with van der Waals surface area (Å²) in [5.74, 6) is -0.374. The van der Waals surface area contributed by atoms with Gasteiger partial charge in [0.2, 0.25) is 0 Å². The summed E-state index contributed by atoms with van der Waals surface area (Å²) >= 11 is 6.06. The molecule has 1 aromatic rings. The number of urea groups is 1. The lowest BCUT2D eigenvalue weighted by Gasteiger charge is -2.14. The molecular formula is C13H17ClN2O3. The van der Waals surface area contributed by atoms with Crippen LogP contribution in [-0.4, -0.2) is 25.2 Å². The van der Waals surface area contributed by atoms with Gasteiger partial charge in [-0.15, -0.1) is 0 Å². The second-order valence-corrected chi connectivity index (χ2v) is 4.59. The predicted octanol–water partition coefficient (Wildman–Crippen LogP) is 2.72. The molecule has 1 atom stereocenters. The van der Waals surface area contributed by atoms with E-state index in [4.69, 9.17) is 11.6 Å². The molecule has 1 rings (SSSR count). The number of esters is 1. The highest BCUT2D eigenvalue weighted by Gasteiger charge is 2.13. The highest BCUT2D eigenvalue weighted by molar-refractivity contribution is 6.34. The summed E-state index contributed by atoms with van der Waals surface area (Å²) in [5.41, 5.74) is 1.41. The number of hydrogen-bond acceptors (Lipinski definition) is 3. The van der Waals surface area contributed by atoms with E-state index in [9.17, 15) is 9.59 Å². The van der Waals surface area contributed by atoms with Crippen molar-refractivity contribution < 1.29 is 14.3 Å². The first-order valence-corrected chi connectivity index (χ1v) is 6.21. The minimum atomic E-state index is -0.413. The van der Waals surface area contributed by atoms with Crippen LogP contribution in [-0.2, 0) is 9.53 Å². The molecule has 0 saturated heterocycles. The number of carbonyl (C=O) groups is 2. The molecule has 5 nitrogen and oxygen atoms in total. The van der Waals surface area contributed by atoms with Crippen molar-refractivity contribution in [2.75, 3.05) is 12.4 Å². The minimum absolute atomic E-state index is 0.117. The van der Waals surface area contributed by atoms with Crippen molar-refractivity contribution in [1.82, 2.24) is 5.32 Å². The first-order valence-electron chi connectivity index (χ1n) is 5.83. The fourth-order valence-corrected chi connectivity index (χ4v) is 1.68. The van der Waals surface area contributed by atoms with Crippen LogP contribution in [0.5, 0.6) is 0 Å². The van der Waals surface area contributed by atoms with Crippen molar-refractivity contribution in [3.05, 3.63) is 28.8 Å². The van der Waals surface area contributed by atoms with E-state index in [1.165, 1.54) is 7.11 Å². The standard InChI is InChI=1S/C13H17ClN2O3/c1-8-5-4-6-10(12(8)14)16-13(18)15-9(2)7-11(17)19-3/h4-6,9H,7H2,1-3H3,(H2,15,16,18)/t9-/m0/s1. The number of halogens is 1. The molecule has 0 aliphatic carbocycles. The second-order valence-electron chi connectivity index (χ2n) is 4.22. The number of methoxy groups -OCH3 is 1. The summed E-state index contributed by atoms with van der Waals surface area (Å²) < 4.78 is 4.52. The lowest BCUT2D eigenvalue weighted by atomic mass is 10.2. The molecule has 0 aliphatic heterocycles. The Kier molecular flexibility index (Phi) is 5.63. The van der Waals surface area contributed by atoms with Gasteiger partial charge in [0.25, 0.3) is 0 Å². The monoisotopic (exact) mass is 284 g/mol. The highest BCUT2D eigenvalue weighted by atomic mass is 35.5. The molecule has 1 aromatic carbocycles. The number of rotatable bonds is 4. The third-order valence-electron chi connectivity index (χ3n) is 2.52. The molecule has 0 saturated carbocycles. The van der Waals surface area contributed by atoms with Gasteiger partial charge in [-0.3, -0.25) is 4.79 Å². The Hall–Kier alpha value is -1.75. The maximum atomic E-state index is 11.7. The van der Waals surface area contributed by atoms with Gasteiger partial charge in [-0.2, -0.15) is 0 Å². The summed E-state index contributed by atoms with van der Waals surface area (Å²) in [6.45, 7) is 3.57. The molecule has 104 valence electrons. The van der Waals surface area contributed by atoms with Crippen LogP contribution in [0.1, 0.15) is 18.9 Å². The van der Waals surface area contributed by atoms with Crippen molar-refractivity contribution in [3.63, 3.8) is 0 Å². The van der Waals surface area contributed by atoms with Crippen molar-refractivity contribution >= 4 is 29.3 Å². The number of carbonyl (C=O) groups excluding carboxylic acids is 2. The van der Waals surface area contributed by atoms with Crippen molar-refractivity contribution in [2.24, 2.45) is 0 Å². The van der Waals surface area contributed by atoms with E-state index in [1.807, 2.05) is 13.0 Å². The van der Waals surface area contributed by atoms with Crippen LogP contribution >= 0.6 is 11.6 Å². The smallest absolute Gasteiger partial charge is 0.319 e. The van der Waals surface area contributed by atoms with Gasteiger partial charge in [0.1, 0.15) is 0 Å². The maximum absolute atomic E-state index is 11.7. The molecule has 0 aliphatic rings. The molecule has 0 spiro atoms. The number of aryl methyl sites for hydroxylation is 1. The topological polar surface area (TPSA) is 67.4 Å². The van der Waals surface area contributed by atoms with Gasteiger partial charge in [-0.1, -0.05) is 23.7 Å². The van der Waals surface area contributed by atoms with E-state index in [-0.39, 0.29) is 18.4 Å². The molecule has 0 unspecified atom stereocenters. The average molecular weight is 285 g/mol. The molecule has 0 aromatic heterocycles. The Morgan fingerprint density at radius 1 is 1.42 bits per heavy atom. The van der Waals surface area contributed by atoms with Gasteiger partial charge >= 0.3 is 12.0 Å².